The second-order valence-electron chi connectivity index (χ2n) is 3.73. The van der Waals surface area contributed by atoms with Crippen LogP contribution >= 0.6 is 0 Å². The smallest absolute Gasteiger partial charge is 0.160 e. The molecular weight excluding hydrogens is 207 g/mol. The Hall–Kier alpha value is -0.730. The summed E-state index contributed by atoms with van der Waals surface area (Å²) in [7, 11) is 0. The minimum atomic E-state index is -0.482. The van der Waals surface area contributed by atoms with E-state index in [1.54, 1.807) is 6.92 Å². The Morgan fingerprint density at radius 2 is 1.50 bits per heavy atom. The highest BCUT2D eigenvalue weighted by molar-refractivity contribution is 4.98. The fourth-order valence-corrected chi connectivity index (χ4v) is 0.763. The van der Waals surface area contributed by atoms with E-state index < -0.39 is 12.8 Å². The lowest BCUT2D eigenvalue weighted by atomic mass is 10.3. The molecule has 0 bridgehead atoms. The first-order valence-corrected chi connectivity index (χ1v) is 6.09. The summed E-state index contributed by atoms with van der Waals surface area (Å²) in [4.78, 5) is 0. The maximum atomic E-state index is 12.0. The average molecular weight is 234 g/mol. The first-order chi connectivity index (χ1) is 7.56. The van der Waals surface area contributed by atoms with Crippen LogP contribution in [-0.4, -0.2) is 19.4 Å². The summed E-state index contributed by atoms with van der Waals surface area (Å²) in [6.07, 6.45) is 2.10. The quantitative estimate of drug-likeness (QED) is 0.667. The number of hydrogen-bond donors (Lipinski definition) is 0. The van der Waals surface area contributed by atoms with Gasteiger partial charge in [0.05, 0.1) is 0 Å². The van der Waals surface area contributed by atoms with Gasteiger partial charge in [-0.2, -0.15) is 0 Å². The zero-order valence-corrected chi connectivity index (χ0v) is 11.6. The first kappa shape index (κ1) is 17.7. The predicted molar refractivity (Wildman–Crippen MR) is 67.1 cm³/mol. The lowest BCUT2D eigenvalue weighted by Gasteiger charge is -2.23. The summed E-state index contributed by atoms with van der Waals surface area (Å²) >= 11 is 0. The van der Waals surface area contributed by atoms with Gasteiger partial charge in [-0.3, -0.25) is 0 Å². The largest absolute Gasteiger partial charge is 0.491 e. The Kier molecular flexibility index (Phi) is 13.6. The summed E-state index contributed by atoms with van der Waals surface area (Å²) in [5, 5.41) is 0. The van der Waals surface area contributed by atoms with Crippen molar-refractivity contribution in [1.82, 2.24) is 0 Å². The van der Waals surface area contributed by atoms with Crippen LogP contribution in [0, 0.1) is 0 Å². The number of ether oxygens (including phenoxy) is 2. The van der Waals surface area contributed by atoms with Crippen LogP contribution in [0.15, 0.2) is 11.5 Å². The first-order valence-electron chi connectivity index (χ1n) is 6.09. The molecule has 98 valence electrons. The summed E-state index contributed by atoms with van der Waals surface area (Å²) in [5.41, 5.74) is 0. The van der Waals surface area contributed by atoms with Gasteiger partial charge in [0.15, 0.2) is 6.10 Å². The maximum absolute atomic E-state index is 12.0. The third-order valence-corrected chi connectivity index (χ3v) is 1.50. The van der Waals surface area contributed by atoms with Gasteiger partial charge in [-0.25, -0.2) is 4.39 Å². The highest BCUT2D eigenvalue weighted by Gasteiger charge is 2.17. The average Bonchev–Trinajstić information content (AvgIpc) is 2.24. The molecule has 0 N–H and O–H groups in total. The summed E-state index contributed by atoms with van der Waals surface area (Å²) in [5.74, 6) is 1.44. The van der Waals surface area contributed by atoms with Crippen molar-refractivity contribution in [1.29, 1.82) is 0 Å². The molecule has 1 aliphatic rings. The van der Waals surface area contributed by atoms with Crippen molar-refractivity contribution in [3.8, 4) is 0 Å². The number of allylic oxidation sites excluding steroid dienone is 2. The fourth-order valence-electron chi connectivity index (χ4n) is 0.763. The monoisotopic (exact) mass is 234 g/mol. The van der Waals surface area contributed by atoms with E-state index in [0.29, 0.717) is 12.4 Å². The molecule has 1 heterocycles. The number of halogens is 1. The van der Waals surface area contributed by atoms with Crippen LogP contribution in [-0.2, 0) is 9.47 Å². The molecule has 0 aromatic heterocycles. The van der Waals surface area contributed by atoms with E-state index in [1.165, 1.54) is 12.8 Å². The van der Waals surface area contributed by atoms with Gasteiger partial charge in [0.25, 0.3) is 0 Å². The van der Waals surface area contributed by atoms with Crippen LogP contribution in [0.2, 0.25) is 0 Å². The molecule has 0 saturated carbocycles. The van der Waals surface area contributed by atoms with Gasteiger partial charge in [0.1, 0.15) is 24.8 Å². The van der Waals surface area contributed by atoms with Gasteiger partial charge >= 0.3 is 0 Å². The Balaban J connectivity index is 0. The van der Waals surface area contributed by atoms with Crippen molar-refractivity contribution in [2.75, 3.05) is 13.3 Å². The standard InChI is InChI=1S/C7H11FO2.2C3H8/c1-5-6(2)10-7(3-8)4-9-5;2*1-3-2/h7H,3-4H2,1-2H3;2*3H2,1-2H3. The lowest BCUT2D eigenvalue weighted by molar-refractivity contribution is -0.0135. The molecular formula is C13H27FO2. The minimum absolute atomic E-state index is 0.333. The van der Waals surface area contributed by atoms with E-state index in [2.05, 4.69) is 27.7 Å². The molecule has 0 aromatic rings. The van der Waals surface area contributed by atoms with Crippen LogP contribution in [0.25, 0.3) is 0 Å². The van der Waals surface area contributed by atoms with Crippen molar-refractivity contribution in [2.45, 2.75) is 60.5 Å². The van der Waals surface area contributed by atoms with Crippen molar-refractivity contribution in [3.63, 3.8) is 0 Å². The molecule has 3 heteroatoms. The van der Waals surface area contributed by atoms with Crippen molar-refractivity contribution in [2.24, 2.45) is 0 Å². The molecule has 1 aliphatic heterocycles. The highest BCUT2D eigenvalue weighted by atomic mass is 19.1. The topological polar surface area (TPSA) is 18.5 Å². The number of rotatable bonds is 1. The Morgan fingerprint density at radius 1 is 1.06 bits per heavy atom. The maximum Gasteiger partial charge on any atom is 0.160 e. The molecule has 0 aliphatic carbocycles. The third-order valence-electron chi connectivity index (χ3n) is 1.50. The predicted octanol–water partition coefficient (Wildman–Crippen LogP) is 4.46. The van der Waals surface area contributed by atoms with Crippen LogP contribution in [0.4, 0.5) is 4.39 Å². The SMILES string of the molecule is CC1=C(C)OC(CF)CO1.CCC.CCC. The van der Waals surface area contributed by atoms with Gasteiger partial charge in [-0.15, -0.1) is 0 Å². The molecule has 0 aromatic carbocycles. The fraction of sp³-hybridized carbons (Fsp3) is 0.846. The van der Waals surface area contributed by atoms with Gasteiger partial charge in [0.2, 0.25) is 0 Å². The molecule has 1 rings (SSSR count). The number of hydrogen-bond acceptors (Lipinski definition) is 2. The molecule has 1 unspecified atom stereocenters. The van der Waals surface area contributed by atoms with Crippen LogP contribution in [0.5, 0.6) is 0 Å². The van der Waals surface area contributed by atoms with Crippen molar-refractivity contribution < 1.29 is 13.9 Å². The van der Waals surface area contributed by atoms with Gasteiger partial charge in [-0.1, -0.05) is 40.5 Å². The summed E-state index contributed by atoms with van der Waals surface area (Å²) in [6.45, 7) is 11.9. The second-order valence-corrected chi connectivity index (χ2v) is 3.73. The van der Waals surface area contributed by atoms with Crippen LogP contribution in [0.1, 0.15) is 54.4 Å². The normalized spacial score (nSPS) is 18.3. The molecule has 16 heavy (non-hydrogen) atoms. The summed E-state index contributed by atoms with van der Waals surface area (Å²) in [6, 6.07) is 0. The zero-order chi connectivity index (χ0) is 13.0. The Bertz CT molecular complexity index is 177. The Morgan fingerprint density at radius 3 is 1.81 bits per heavy atom. The van der Waals surface area contributed by atoms with E-state index >= 15 is 0 Å². The van der Waals surface area contributed by atoms with E-state index in [1.807, 2.05) is 6.92 Å². The molecule has 0 radical (unpaired) electrons. The molecule has 0 amide bonds. The van der Waals surface area contributed by atoms with E-state index in [4.69, 9.17) is 9.47 Å². The van der Waals surface area contributed by atoms with Crippen molar-refractivity contribution in [3.05, 3.63) is 11.5 Å². The van der Waals surface area contributed by atoms with Gasteiger partial charge in [-0.05, 0) is 13.8 Å². The van der Waals surface area contributed by atoms with Crippen LogP contribution in [0.3, 0.4) is 0 Å². The van der Waals surface area contributed by atoms with Crippen LogP contribution < -0.4 is 0 Å². The van der Waals surface area contributed by atoms with E-state index in [9.17, 15) is 4.39 Å². The molecule has 2 nitrogen and oxygen atoms in total. The van der Waals surface area contributed by atoms with Gasteiger partial charge < -0.3 is 9.47 Å². The number of alkyl halides is 1. The van der Waals surface area contributed by atoms with E-state index in [-0.39, 0.29) is 0 Å². The van der Waals surface area contributed by atoms with Crippen molar-refractivity contribution >= 4 is 0 Å². The highest BCUT2D eigenvalue weighted by Crippen LogP contribution is 2.16. The molecule has 1 atom stereocenters. The zero-order valence-electron chi connectivity index (χ0n) is 11.6. The lowest BCUT2D eigenvalue weighted by Crippen LogP contribution is -2.25. The molecule has 0 saturated heterocycles. The molecule has 0 fully saturated rings. The Labute approximate surface area is 99.8 Å². The summed E-state index contributed by atoms with van der Waals surface area (Å²) < 4.78 is 22.2. The third kappa shape index (κ3) is 9.81. The second kappa shape index (κ2) is 12.3. The van der Waals surface area contributed by atoms with Gasteiger partial charge in [0, 0.05) is 0 Å². The molecule has 0 spiro atoms. The van der Waals surface area contributed by atoms with E-state index in [0.717, 1.165) is 5.76 Å². The minimum Gasteiger partial charge on any atom is -0.491 e.